The minimum Gasteiger partial charge on any atom is -0.387 e. The molecule has 1 spiro atoms. The molecule has 3 heterocycles. The van der Waals surface area contributed by atoms with Crippen molar-refractivity contribution >= 4 is 5.91 Å². The molecule has 144 valence electrons. The van der Waals surface area contributed by atoms with Gasteiger partial charge in [-0.1, -0.05) is 6.92 Å². The Kier molecular flexibility index (Phi) is 5.73. The normalized spacial score (nSPS) is 34.4. The summed E-state index contributed by atoms with van der Waals surface area (Å²) in [5, 5.41) is 21.0. The molecule has 25 heavy (non-hydrogen) atoms. The predicted molar refractivity (Wildman–Crippen MR) is 95.2 cm³/mol. The highest BCUT2D eigenvalue weighted by Crippen LogP contribution is 2.40. The molecule has 0 saturated carbocycles. The van der Waals surface area contributed by atoms with Gasteiger partial charge in [-0.25, -0.2) is 0 Å². The molecule has 0 bridgehead atoms. The van der Waals surface area contributed by atoms with Crippen LogP contribution in [0.15, 0.2) is 0 Å². The largest absolute Gasteiger partial charge is 0.387 e. The second kappa shape index (κ2) is 7.51. The highest BCUT2D eigenvalue weighted by molar-refractivity contribution is 5.76. The van der Waals surface area contributed by atoms with E-state index in [1.54, 1.807) is 6.92 Å². The first kappa shape index (κ1) is 19.1. The Balaban J connectivity index is 1.51. The quantitative estimate of drug-likeness (QED) is 0.795. The molecule has 6 heteroatoms. The summed E-state index contributed by atoms with van der Waals surface area (Å²) in [6.07, 6.45) is 4.84. The van der Waals surface area contributed by atoms with Crippen molar-refractivity contribution in [2.45, 2.75) is 82.1 Å². The minimum atomic E-state index is -1.05. The molecule has 3 saturated heterocycles. The van der Waals surface area contributed by atoms with Crippen LogP contribution >= 0.6 is 0 Å². The van der Waals surface area contributed by atoms with E-state index in [2.05, 4.69) is 4.90 Å². The number of hydrogen-bond acceptors (Lipinski definition) is 5. The number of aliphatic hydroxyl groups is 2. The zero-order valence-corrected chi connectivity index (χ0v) is 15.7. The molecule has 0 radical (unpaired) electrons. The fourth-order valence-corrected chi connectivity index (χ4v) is 4.78. The summed E-state index contributed by atoms with van der Waals surface area (Å²) in [7, 11) is 0. The summed E-state index contributed by atoms with van der Waals surface area (Å²) in [5.41, 5.74) is -1.64. The maximum Gasteiger partial charge on any atom is 0.222 e. The summed E-state index contributed by atoms with van der Waals surface area (Å²) >= 11 is 0. The van der Waals surface area contributed by atoms with Gasteiger partial charge in [0.1, 0.15) is 6.10 Å². The lowest BCUT2D eigenvalue weighted by Crippen LogP contribution is -2.65. The second-order valence-corrected chi connectivity index (χ2v) is 8.32. The summed E-state index contributed by atoms with van der Waals surface area (Å²) in [4.78, 5) is 16.5. The third-order valence-electron chi connectivity index (χ3n) is 6.53. The van der Waals surface area contributed by atoms with Crippen LogP contribution in [0.4, 0.5) is 0 Å². The van der Waals surface area contributed by atoms with Gasteiger partial charge in [0.25, 0.3) is 0 Å². The van der Waals surface area contributed by atoms with Crippen molar-refractivity contribution in [3.8, 4) is 0 Å². The summed E-state index contributed by atoms with van der Waals surface area (Å²) in [6, 6.07) is 0.518. The van der Waals surface area contributed by atoms with E-state index in [4.69, 9.17) is 4.74 Å². The Morgan fingerprint density at radius 1 is 1.16 bits per heavy atom. The molecule has 1 amide bonds. The van der Waals surface area contributed by atoms with Crippen LogP contribution in [-0.4, -0.2) is 82.1 Å². The zero-order chi connectivity index (χ0) is 18.1. The first-order valence-electron chi connectivity index (χ1n) is 9.94. The smallest absolute Gasteiger partial charge is 0.222 e. The van der Waals surface area contributed by atoms with E-state index in [9.17, 15) is 15.0 Å². The van der Waals surface area contributed by atoms with E-state index >= 15 is 0 Å². The number of carbonyl (C=O) groups is 1. The van der Waals surface area contributed by atoms with Gasteiger partial charge in [-0.05, 0) is 39.0 Å². The number of likely N-dealkylation sites (tertiary alicyclic amines) is 2. The predicted octanol–water partition coefficient (Wildman–Crippen LogP) is 1.14. The SMILES string of the molecule is CCCC(=O)N1CCC(N2CCC3(CC2)OCC[C@@](C)(O)[C@@H]3O)CC1. The van der Waals surface area contributed by atoms with Gasteiger partial charge >= 0.3 is 0 Å². The number of nitrogens with zero attached hydrogens (tertiary/aromatic N) is 2. The zero-order valence-electron chi connectivity index (χ0n) is 15.7. The third kappa shape index (κ3) is 3.87. The summed E-state index contributed by atoms with van der Waals surface area (Å²) < 4.78 is 5.98. The Bertz CT molecular complexity index is 466. The number of amides is 1. The van der Waals surface area contributed by atoms with E-state index in [0.29, 0.717) is 31.4 Å². The van der Waals surface area contributed by atoms with Gasteiger partial charge in [-0.15, -0.1) is 0 Å². The van der Waals surface area contributed by atoms with Crippen LogP contribution in [0.1, 0.15) is 58.8 Å². The maximum atomic E-state index is 12.0. The van der Waals surface area contributed by atoms with E-state index < -0.39 is 17.3 Å². The van der Waals surface area contributed by atoms with Gasteiger partial charge in [0.05, 0.1) is 17.8 Å². The number of ether oxygens (including phenoxy) is 1. The number of hydrogen-bond donors (Lipinski definition) is 2. The summed E-state index contributed by atoms with van der Waals surface area (Å²) in [5.74, 6) is 0.291. The lowest BCUT2D eigenvalue weighted by atomic mass is 9.74. The van der Waals surface area contributed by atoms with Crippen molar-refractivity contribution in [2.75, 3.05) is 32.8 Å². The molecule has 3 aliphatic heterocycles. The topological polar surface area (TPSA) is 73.2 Å². The van der Waals surface area contributed by atoms with Gasteiger partial charge in [-0.2, -0.15) is 0 Å². The van der Waals surface area contributed by atoms with E-state index in [1.165, 1.54) is 0 Å². The van der Waals surface area contributed by atoms with Crippen LogP contribution in [0.3, 0.4) is 0 Å². The first-order valence-corrected chi connectivity index (χ1v) is 9.94. The van der Waals surface area contributed by atoms with Gasteiger partial charge in [-0.3, -0.25) is 4.79 Å². The van der Waals surface area contributed by atoms with Crippen molar-refractivity contribution in [3.05, 3.63) is 0 Å². The minimum absolute atomic E-state index is 0.291. The number of rotatable bonds is 3. The highest BCUT2D eigenvalue weighted by Gasteiger charge is 2.52. The van der Waals surface area contributed by atoms with Crippen LogP contribution in [0.25, 0.3) is 0 Å². The molecule has 0 aliphatic carbocycles. The molecule has 0 aromatic carbocycles. The maximum absolute atomic E-state index is 12.0. The van der Waals surface area contributed by atoms with E-state index in [-0.39, 0.29) is 0 Å². The monoisotopic (exact) mass is 354 g/mol. The number of piperidine rings is 2. The molecule has 3 fully saturated rings. The van der Waals surface area contributed by atoms with Gasteiger partial charge < -0.3 is 24.7 Å². The standard InChI is InChI=1S/C19H34N2O4/c1-3-4-16(22)21-10-5-15(6-11-21)20-12-7-19(8-13-20)17(23)18(2,24)9-14-25-19/h15,17,23-24H,3-14H2,1-2H3/t17-,18+/m0/s1. The van der Waals surface area contributed by atoms with Crippen molar-refractivity contribution in [1.82, 2.24) is 9.80 Å². The van der Waals surface area contributed by atoms with Gasteiger partial charge in [0.15, 0.2) is 0 Å². The van der Waals surface area contributed by atoms with Gasteiger partial charge in [0.2, 0.25) is 5.91 Å². The van der Waals surface area contributed by atoms with E-state index in [1.807, 2.05) is 11.8 Å². The first-order chi connectivity index (χ1) is 11.9. The molecule has 3 rings (SSSR count). The van der Waals surface area contributed by atoms with Crippen LogP contribution in [0.5, 0.6) is 0 Å². The van der Waals surface area contributed by atoms with Crippen molar-refractivity contribution < 1.29 is 19.7 Å². The lowest BCUT2D eigenvalue weighted by molar-refractivity contribution is -0.247. The van der Waals surface area contributed by atoms with Crippen molar-refractivity contribution in [3.63, 3.8) is 0 Å². The lowest BCUT2D eigenvalue weighted by Gasteiger charge is -2.53. The van der Waals surface area contributed by atoms with Gasteiger partial charge in [0, 0.05) is 45.1 Å². The molecule has 2 N–H and O–H groups in total. The molecule has 6 nitrogen and oxygen atoms in total. The third-order valence-corrected chi connectivity index (χ3v) is 6.53. The number of aliphatic hydroxyl groups excluding tert-OH is 1. The Labute approximate surface area is 151 Å². The van der Waals surface area contributed by atoms with E-state index in [0.717, 1.165) is 58.3 Å². The van der Waals surface area contributed by atoms with Crippen LogP contribution in [-0.2, 0) is 9.53 Å². The molecule has 0 aromatic rings. The Hall–Kier alpha value is -0.690. The Morgan fingerprint density at radius 3 is 2.40 bits per heavy atom. The molecular formula is C19H34N2O4. The second-order valence-electron chi connectivity index (χ2n) is 8.32. The molecule has 2 atom stereocenters. The highest BCUT2D eigenvalue weighted by atomic mass is 16.5. The fourth-order valence-electron chi connectivity index (χ4n) is 4.78. The average molecular weight is 354 g/mol. The van der Waals surface area contributed by atoms with Crippen LogP contribution in [0.2, 0.25) is 0 Å². The van der Waals surface area contributed by atoms with Crippen LogP contribution < -0.4 is 0 Å². The average Bonchev–Trinajstić information content (AvgIpc) is 2.61. The van der Waals surface area contributed by atoms with Crippen molar-refractivity contribution in [1.29, 1.82) is 0 Å². The molecule has 0 unspecified atom stereocenters. The van der Waals surface area contributed by atoms with Crippen LogP contribution in [0, 0.1) is 0 Å². The molecule has 0 aromatic heterocycles. The Morgan fingerprint density at radius 2 is 1.80 bits per heavy atom. The molecular weight excluding hydrogens is 320 g/mol. The molecule has 3 aliphatic rings. The fraction of sp³-hybridized carbons (Fsp3) is 0.947. The number of carbonyl (C=O) groups excluding carboxylic acids is 1. The summed E-state index contributed by atoms with van der Waals surface area (Å²) in [6.45, 7) is 7.78. The van der Waals surface area contributed by atoms with Crippen molar-refractivity contribution in [2.24, 2.45) is 0 Å².